The summed E-state index contributed by atoms with van der Waals surface area (Å²) < 4.78 is 40.0. The third kappa shape index (κ3) is 2.23. The quantitative estimate of drug-likeness (QED) is 0.787. The van der Waals surface area contributed by atoms with Crippen LogP contribution in [0.5, 0.6) is 0 Å². The number of rotatable bonds is 1. The fourth-order valence-electron chi connectivity index (χ4n) is 2.09. The van der Waals surface area contributed by atoms with E-state index < -0.39 is 12.0 Å². The summed E-state index contributed by atoms with van der Waals surface area (Å²) in [4.78, 5) is 9.80. The van der Waals surface area contributed by atoms with Crippen LogP contribution in [0.3, 0.4) is 0 Å². The van der Waals surface area contributed by atoms with Gasteiger partial charge in [-0.25, -0.2) is 9.97 Å². The molecule has 2 aromatic heterocycles. The summed E-state index contributed by atoms with van der Waals surface area (Å²) in [5, 5.41) is 6.86. The van der Waals surface area contributed by atoms with Crippen LogP contribution in [0.4, 0.5) is 19.0 Å². The fourth-order valence-corrected chi connectivity index (χ4v) is 2.56. The highest BCUT2D eigenvalue weighted by Crippen LogP contribution is 2.31. The van der Waals surface area contributed by atoms with Crippen LogP contribution in [0.2, 0.25) is 0 Å². The average molecular weight is 349 g/mol. The fraction of sp³-hybridized carbons (Fsp3) is 0.400. The smallest absolute Gasteiger partial charge is 0.346 e. The number of anilines is 1. The van der Waals surface area contributed by atoms with Crippen LogP contribution in [-0.4, -0.2) is 31.3 Å². The molecule has 0 spiro atoms. The molecule has 0 N–H and O–H groups in total. The Kier molecular flexibility index (Phi) is 3.11. The van der Waals surface area contributed by atoms with E-state index in [1.165, 1.54) is 6.33 Å². The monoisotopic (exact) mass is 348 g/mol. The molecule has 0 fully saturated rings. The third-order valence-electron chi connectivity index (χ3n) is 2.95. The van der Waals surface area contributed by atoms with E-state index in [1.54, 1.807) is 6.20 Å². The molecule has 20 heavy (non-hydrogen) atoms. The average Bonchev–Trinajstić information content (AvgIpc) is 2.82. The van der Waals surface area contributed by atoms with Gasteiger partial charge < -0.3 is 9.47 Å². The number of halogens is 4. The van der Waals surface area contributed by atoms with Crippen molar-refractivity contribution in [2.75, 3.05) is 11.4 Å². The van der Waals surface area contributed by atoms with Crippen molar-refractivity contribution < 1.29 is 13.2 Å². The summed E-state index contributed by atoms with van der Waals surface area (Å²) in [7, 11) is 0. The summed E-state index contributed by atoms with van der Waals surface area (Å²) in [5.74, 6) is -0.0502. The van der Waals surface area contributed by atoms with Gasteiger partial charge in [-0.15, -0.1) is 10.2 Å². The first-order chi connectivity index (χ1) is 9.47. The Morgan fingerprint density at radius 1 is 1.20 bits per heavy atom. The highest BCUT2D eigenvalue weighted by molar-refractivity contribution is 9.10. The number of alkyl halides is 3. The second-order valence-corrected chi connectivity index (χ2v) is 5.06. The molecular formula is C10H8BrF3N6. The number of hydrogen-bond donors (Lipinski definition) is 0. The molecule has 3 heterocycles. The van der Waals surface area contributed by atoms with Gasteiger partial charge in [0.15, 0.2) is 5.82 Å². The van der Waals surface area contributed by atoms with Gasteiger partial charge in [0.25, 0.3) is 0 Å². The Balaban J connectivity index is 1.91. The van der Waals surface area contributed by atoms with E-state index in [0.717, 1.165) is 4.57 Å². The Morgan fingerprint density at radius 3 is 2.70 bits per heavy atom. The lowest BCUT2D eigenvalue weighted by Crippen LogP contribution is -2.36. The van der Waals surface area contributed by atoms with E-state index in [-0.39, 0.29) is 18.9 Å². The maximum Gasteiger partial charge on any atom is 0.451 e. The number of fused-ring (bicyclic) bond motifs is 1. The zero-order valence-electron chi connectivity index (χ0n) is 9.97. The second kappa shape index (κ2) is 4.69. The van der Waals surface area contributed by atoms with Crippen molar-refractivity contribution in [2.24, 2.45) is 0 Å². The normalized spacial score (nSPS) is 15.3. The number of hydrogen-bond acceptors (Lipinski definition) is 5. The molecular weight excluding hydrogens is 341 g/mol. The molecule has 0 atom stereocenters. The molecule has 0 amide bonds. The van der Waals surface area contributed by atoms with E-state index in [0.29, 0.717) is 16.8 Å². The van der Waals surface area contributed by atoms with Crippen molar-refractivity contribution in [3.8, 4) is 0 Å². The number of aromatic nitrogens is 5. The van der Waals surface area contributed by atoms with E-state index in [9.17, 15) is 13.2 Å². The van der Waals surface area contributed by atoms with Gasteiger partial charge in [0.2, 0.25) is 5.82 Å². The first-order valence-corrected chi connectivity index (χ1v) is 6.46. The summed E-state index contributed by atoms with van der Waals surface area (Å²) >= 11 is 3.32. The van der Waals surface area contributed by atoms with E-state index >= 15 is 0 Å². The van der Waals surface area contributed by atoms with Crippen LogP contribution in [-0.2, 0) is 19.3 Å². The van der Waals surface area contributed by atoms with E-state index in [4.69, 9.17) is 0 Å². The van der Waals surface area contributed by atoms with E-state index in [1.807, 2.05) is 4.90 Å². The molecule has 0 unspecified atom stereocenters. The van der Waals surface area contributed by atoms with Gasteiger partial charge in [-0.3, -0.25) is 0 Å². The molecule has 6 nitrogen and oxygen atoms in total. The maximum absolute atomic E-state index is 12.7. The lowest BCUT2D eigenvalue weighted by atomic mass is 10.3. The zero-order valence-corrected chi connectivity index (χ0v) is 11.6. The van der Waals surface area contributed by atoms with Crippen LogP contribution in [0.25, 0.3) is 0 Å². The van der Waals surface area contributed by atoms with Crippen LogP contribution >= 0.6 is 15.9 Å². The van der Waals surface area contributed by atoms with Gasteiger partial charge in [0.1, 0.15) is 12.1 Å². The molecule has 1 aliphatic heterocycles. The van der Waals surface area contributed by atoms with Gasteiger partial charge in [0, 0.05) is 19.3 Å². The molecule has 0 radical (unpaired) electrons. The standard InChI is InChI=1S/C10H8BrF3N6/c11-6-3-15-5-16-8(6)19-1-2-20-7(4-19)17-18-9(20)10(12,13)14/h3,5H,1-2,4H2. The molecule has 3 rings (SSSR count). The predicted octanol–water partition coefficient (Wildman–Crippen LogP) is 1.87. The van der Waals surface area contributed by atoms with Crippen LogP contribution in [0.1, 0.15) is 11.6 Å². The largest absolute Gasteiger partial charge is 0.451 e. The molecule has 0 saturated carbocycles. The molecule has 0 saturated heterocycles. The molecule has 1 aliphatic rings. The maximum atomic E-state index is 12.7. The van der Waals surface area contributed by atoms with Crippen molar-refractivity contribution >= 4 is 21.7 Å². The van der Waals surface area contributed by atoms with Gasteiger partial charge in [-0.05, 0) is 15.9 Å². The van der Waals surface area contributed by atoms with Gasteiger partial charge in [-0.1, -0.05) is 0 Å². The van der Waals surface area contributed by atoms with Crippen molar-refractivity contribution in [1.82, 2.24) is 24.7 Å². The second-order valence-electron chi connectivity index (χ2n) is 4.21. The molecule has 106 valence electrons. The minimum Gasteiger partial charge on any atom is -0.346 e. The minimum absolute atomic E-state index is 0.160. The summed E-state index contributed by atoms with van der Waals surface area (Å²) in [6.45, 7) is 0.774. The lowest BCUT2D eigenvalue weighted by molar-refractivity contribution is -0.147. The summed E-state index contributed by atoms with van der Waals surface area (Å²) in [6.07, 6.45) is -1.51. The van der Waals surface area contributed by atoms with E-state index in [2.05, 4.69) is 36.1 Å². The molecule has 10 heteroatoms. The first-order valence-electron chi connectivity index (χ1n) is 5.66. The van der Waals surface area contributed by atoms with Crippen molar-refractivity contribution in [3.63, 3.8) is 0 Å². The highest BCUT2D eigenvalue weighted by atomic mass is 79.9. The SMILES string of the molecule is FC(F)(F)c1nnc2n1CCN(c1ncncc1Br)C2. The van der Waals surface area contributed by atoms with Crippen molar-refractivity contribution in [2.45, 2.75) is 19.3 Å². The van der Waals surface area contributed by atoms with Crippen LogP contribution < -0.4 is 4.90 Å². The Morgan fingerprint density at radius 2 is 2.00 bits per heavy atom. The topological polar surface area (TPSA) is 59.7 Å². The van der Waals surface area contributed by atoms with Crippen LogP contribution in [0, 0.1) is 0 Å². The summed E-state index contributed by atoms with van der Waals surface area (Å²) in [6, 6.07) is 0. The van der Waals surface area contributed by atoms with Gasteiger partial charge in [-0.2, -0.15) is 13.2 Å². The Labute approximate surface area is 119 Å². The lowest BCUT2D eigenvalue weighted by Gasteiger charge is -2.29. The summed E-state index contributed by atoms with van der Waals surface area (Å²) in [5.41, 5.74) is 0. The number of nitrogens with zero attached hydrogens (tertiary/aromatic N) is 6. The third-order valence-corrected chi connectivity index (χ3v) is 3.51. The predicted molar refractivity (Wildman–Crippen MR) is 65.8 cm³/mol. The zero-order chi connectivity index (χ0) is 14.3. The Hall–Kier alpha value is -1.71. The van der Waals surface area contributed by atoms with Crippen molar-refractivity contribution in [1.29, 1.82) is 0 Å². The van der Waals surface area contributed by atoms with Crippen molar-refractivity contribution in [3.05, 3.63) is 28.6 Å². The van der Waals surface area contributed by atoms with Crippen LogP contribution in [0.15, 0.2) is 17.0 Å². The first kappa shape index (κ1) is 13.3. The Bertz CT molecular complexity index is 640. The van der Waals surface area contributed by atoms with Gasteiger partial charge in [0.05, 0.1) is 11.0 Å². The molecule has 0 bridgehead atoms. The molecule has 0 aliphatic carbocycles. The molecule has 2 aromatic rings. The van der Waals surface area contributed by atoms with Gasteiger partial charge >= 0.3 is 6.18 Å². The highest BCUT2D eigenvalue weighted by Gasteiger charge is 2.39. The molecule has 0 aromatic carbocycles. The minimum atomic E-state index is -4.48.